The molecule has 0 aromatic carbocycles. The van der Waals surface area contributed by atoms with Crippen molar-refractivity contribution >= 4 is 5.97 Å². The quantitative estimate of drug-likeness (QED) is 0.114. The van der Waals surface area contributed by atoms with E-state index < -0.39 is 59.6 Å². The van der Waals surface area contributed by atoms with Crippen molar-refractivity contribution in [2.45, 2.75) is 95.2 Å². The SMILES string of the molecule is C[C@]12C[C@@H](O)C3[I-][C@@]4(CO)[C@H](O)C[C@H](O)C[C@@]4(O)CC[C@H]3[C@@]1(O)CC[C@@H]2C1COC(=O)C1. The average molecular weight is 567 g/mol. The van der Waals surface area contributed by atoms with Gasteiger partial charge in [-0.25, -0.2) is 0 Å². The fourth-order valence-electron chi connectivity index (χ4n) is 8.20. The van der Waals surface area contributed by atoms with Gasteiger partial charge in [-0.3, -0.25) is 0 Å². The van der Waals surface area contributed by atoms with Crippen LogP contribution in [0.15, 0.2) is 0 Å². The fraction of sp³-hybridized carbons (Fsp3) is 0.957. The summed E-state index contributed by atoms with van der Waals surface area (Å²) in [5.41, 5.74) is -3.03. The predicted molar refractivity (Wildman–Crippen MR) is 108 cm³/mol. The van der Waals surface area contributed by atoms with Crippen LogP contribution in [-0.2, 0) is 9.53 Å². The number of hydrogen-bond acceptors (Lipinski definition) is 8. The molecule has 5 rings (SSSR count). The Morgan fingerprint density at radius 2 is 1.81 bits per heavy atom. The van der Waals surface area contributed by atoms with Crippen molar-refractivity contribution in [3.8, 4) is 0 Å². The third-order valence-electron chi connectivity index (χ3n) is 9.89. The van der Waals surface area contributed by atoms with Gasteiger partial charge in [0.15, 0.2) is 0 Å². The summed E-state index contributed by atoms with van der Waals surface area (Å²) in [5.74, 6) is -0.347. The number of alkyl halides is 2. The van der Waals surface area contributed by atoms with Crippen LogP contribution in [0, 0.1) is 23.2 Å². The zero-order valence-electron chi connectivity index (χ0n) is 18.5. The summed E-state index contributed by atoms with van der Waals surface area (Å²) < 4.78 is 3.83. The molecule has 0 spiro atoms. The number of carbonyl (C=O) groups excluding carboxylic acids is 1. The topological polar surface area (TPSA) is 148 Å². The molecule has 6 N–H and O–H groups in total. The van der Waals surface area contributed by atoms with E-state index in [1.54, 1.807) is 0 Å². The summed E-state index contributed by atoms with van der Waals surface area (Å²) in [6, 6.07) is 0. The van der Waals surface area contributed by atoms with Gasteiger partial charge < -0.3 is 0 Å². The van der Waals surface area contributed by atoms with Gasteiger partial charge >= 0.3 is 199 Å². The average Bonchev–Trinajstić information content (AvgIpc) is 3.19. The standard InChI is InChI=1S/C23H36IO8/c1-20-9-16(27)19-15(23(20,31)5-3-14(20)12-6-18(29)32-10-12)2-4-21(30)8-13(26)7-17(28)22(21,11-25)24-19/h12-17,19,25-28,30-31H,2-11H2,1H3/q-1/t12?,13-,14+,15+,16+,17+,19?,20+,21-,22-,23-/m0/s1. The summed E-state index contributed by atoms with van der Waals surface area (Å²) in [5, 5.41) is 67.0. The summed E-state index contributed by atoms with van der Waals surface area (Å²) in [4.78, 5) is 11.8. The van der Waals surface area contributed by atoms with Crippen LogP contribution < -0.4 is 21.2 Å². The molecule has 0 aromatic rings. The first-order chi connectivity index (χ1) is 15.0. The normalized spacial score (nSPS) is 58.1. The van der Waals surface area contributed by atoms with Gasteiger partial charge in [-0.1, -0.05) is 0 Å². The number of rotatable bonds is 2. The summed E-state index contributed by atoms with van der Waals surface area (Å²) in [6.07, 6.45) is 0.446. The number of hydrogen-bond donors (Lipinski definition) is 6. The minimum absolute atomic E-state index is 0.0401. The third kappa shape index (κ3) is 3.04. The van der Waals surface area contributed by atoms with Crippen molar-refractivity contribution in [3.05, 3.63) is 0 Å². The molecule has 0 radical (unpaired) electrons. The van der Waals surface area contributed by atoms with E-state index in [2.05, 4.69) is 0 Å². The van der Waals surface area contributed by atoms with Crippen LogP contribution in [0.1, 0.15) is 58.3 Å². The number of aliphatic hydroxyl groups is 6. The van der Waals surface area contributed by atoms with Gasteiger partial charge in [0.2, 0.25) is 0 Å². The first-order valence-electron chi connectivity index (χ1n) is 11.9. The van der Waals surface area contributed by atoms with E-state index in [0.717, 1.165) is 6.42 Å². The Labute approximate surface area is 198 Å². The maximum atomic E-state index is 12.2. The molecule has 3 aliphatic carbocycles. The number of halogens is 1. The molecule has 8 nitrogen and oxygen atoms in total. The molecule has 2 unspecified atom stereocenters. The molecule has 11 atom stereocenters. The number of fused-ring (bicyclic) bond motifs is 4. The molecule has 0 aromatic heterocycles. The third-order valence-corrected chi connectivity index (χ3v) is 15.5. The maximum absolute atomic E-state index is 12.2. The van der Waals surface area contributed by atoms with Crippen LogP contribution in [0.25, 0.3) is 0 Å². The first-order valence-corrected chi connectivity index (χ1v) is 14.2. The molecule has 2 heterocycles. The van der Waals surface area contributed by atoms with Crippen molar-refractivity contribution in [2.75, 3.05) is 13.2 Å². The number of esters is 1. The summed E-state index contributed by atoms with van der Waals surface area (Å²) in [7, 11) is 0. The molecule has 9 heteroatoms. The van der Waals surface area contributed by atoms with Gasteiger partial charge in [0, 0.05) is 0 Å². The van der Waals surface area contributed by atoms with Crippen LogP contribution >= 0.6 is 0 Å². The van der Waals surface area contributed by atoms with Crippen LogP contribution in [0.4, 0.5) is 0 Å². The first kappa shape index (κ1) is 23.7. The molecule has 2 aliphatic heterocycles. The second-order valence-electron chi connectivity index (χ2n) is 11.3. The molecule has 5 fully saturated rings. The van der Waals surface area contributed by atoms with Gasteiger partial charge in [-0.15, -0.1) is 0 Å². The Kier molecular flexibility index (Phi) is 5.72. The Hall–Kier alpha value is -0.0400. The molecule has 0 amide bonds. The van der Waals surface area contributed by atoms with Gasteiger partial charge in [-0.2, -0.15) is 0 Å². The zero-order valence-corrected chi connectivity index (χ0v) is 20.6. The van der Waals surface area contributed by atoms with Gasteiger partial charge in [0.25, 0.3) is 0 Å². The monoisotopic (exact) mass is 567 g/mol. The van der Waals surface area contributed by atoms with Crippen LogP contribution in [0.5, 0.6) is 0 Å². The van der Waals surface area contributed by atoms with E-state index in [1.165, 1.54) is 0 Å². The fourth-order valence-corrected chi connectivity index (χ4v) is 13.5. The van der Waals surface area contributed by atoms with E-state index in [1.807, 2.05) is 6.92 Å². The van der Waals surface area contributed by atoms with Crippen molar-refractivity contribution < 1.29 is 61.4 Å². The number of cyclic esters (lactones) is 1. The van der Waals surface area contributed by atoms with Gasteiger partial charge in [-0.05, 0) is 0 Å². The van der Waals surface area contributed by atoms with Gasteiger partial charge in [0.05, 0.1) is 0 Å². The minimum atomic E-state index is -1.42. The molecule has 32 heavy (non-hydrogen) atoms. The summed E-state index contributed by atoms with van der Waals surface area (Å²) >= 11 is -1.13. The molecular weight excluding hydrogens is 531 g/mol. The van der Waals surface area contributed by atoms with E-state index in [-0.39, 0.29) is 53.5 Å². The van der Waals surface area contributed by atoms with Gasteiger partial charge in [0.1, 0.15) is 0 Å². The molecule has 184 valence electrons. The predicted octanol–water partition coefficient (Wildman–Crippen LogP) is -3.69. The van der Waals surface area contributed by atoms with Crippen molar-refractivity contribution in [1.29, 1.82) is 0 Å². The Balaban J connectivity index is 1.51. The molecule has 0 bridgehead atoms. The molecule has 3 saturated carbocycles. The van der Waals surface area contributed by atoms with E-state index in [0.29, 0.717) is 32.3 Å². The second kappa shape index (κ2) is 7.73. The zero-order chi connectivity index (χ0) is 23.1. The number of ether oxygens (including phenoxy) is 1. The van der Waals surface area contributed by atoms with Crippen molar-refractivity contribution in [2.24, 2.45) is 23.2 Å². The van der Waals surface area contributed by atoms with Crippen LogP contribution in [0.2, 0.25) is 0 Å². The van der Waals surface area contributed by atoms with Crippen molar-refractivity contribution in [3.63, 3.8) is 0 Å². The van der Waals surface area contributed by atoms with Crippen LogP contribution in [0.3, 0.4) is 0 Å². The molecular formula is C23H36IO8-. The van der Waals surface area contributed by atoms with E-state index in [9.17, 15) is 35.4 Å². The number of aliphatic hydroxyl groups excluding tert-OH is 4. The Bertz CT molecular complexity index is 781. The Morgan fingerprint density at radius 1 is 1.09 bits per heavy atom. The second-order valence-corrected chi connectivity index (χ2v) is 15.3. The van der Waals surface area contributed by atoms with Crippen molar-refractivity contribution in [1.82, 2.24) is 0 Å². The molecule has 2 saturated heterocycles. The molecule has 5 aliphatic rings. The van der Waals surface area contributed by atoms with Crippen LogP contribution in [-0.4, -0.2) is 86.7 Å². The Morgan fingerprint density at radius 3 is 2.47 bits per heavy atom. The summed E-state index contributed by atoms with van der Waals surface area (Å²) in [6.45, 7) is 2.02. The van der Waals surface area contributed by atoms with E-state index in [4.69, 9.17) is 4.74 Å². The number of carbonyl (C=O) groups is 1. The van der Waals surface area contributed by atoms with E-state index >= 15 is 0 Å².